The van der Waals surface area contributed by atoms with Gasteiger partial charge in [0.05, 0.1) is 5.41 Å². The van der Waals surface area contributed by atoms with E-state index in [1.54, 1.807) is 0 Å². The van der Waals surface area contributed by atoms with Gasteiger partial charge in [-0.25, -0.2) is 0 Å². The number of hydrogen-bond donors (Lipinski definition) is 0. The Hall–Kier alpha value is -7.16. The summed E-state index contributed by atoms with van der Waals surface area (Å²) in [5.41, 5.74) is 20.1. The molecule has 0 aliphatic heterocycles. The molecule has 2 aliphatic rings. The molecule has 0 radical (unpaired) electrons. The van der Waals surface area contributed by atoms with E-state index in [9.17, 15) is 0 Å². The molecule has 0 fully saturated rings. The first-order valence-electron chi connectivity index (χ1n) is 20.4. The Bertz CT molecular complexity index is 3040. The van der Waals surface area contributed by atoms with E-state index in [4.69, 9.17) is 4.42 Å². The zero-order chi connectivity index (χ0) is 38.8. The third-order valence-electron chi connectivity index (χ3n) is 12.3. The van der Waals surface area contributed by atoms with Crippen LogP contribution in [-0.2, 0) is 5.41 Å². The summed E-state index contributed by atoms with van der Waals surface area (Å²) >= 11 is 0. The van der Waals surface area contributed by atoms with Crippen LogP contribution in [0.2, 0.25) is 0 Å². The van der Waals surface area contributed by atoms with Crippen molar-refractivity contribution in [2.75, 3.05) is 4.90 Å². The van der Waals surface area contributed by atoms with E-state index >= 15 is 0 Å². The lowest BCUT2D eigenvalue weighted by Crippen LogP contribution is -2.26. The SMILES string of the molecule is C/C=C\C(=C/CC)c1ccc(N(c2ccc(-c3ccc4oc5ccccc5c4c3)cc2)c2ccc3c(c2)C2(c4ccccc4-c4ccccc42)c2ccccc2-3)cc1. The molecule has 8 aromatic carbocycles. The van der Waals surface area contributed by atoms with Crippen molar-refractivity contribution in [3.8, 4) is 33.4 Å². The normalized spacial score (nSPS) is 13.6. The molecule has 1 heterocycles. The van der Waals surface area contributed by atoms with Gasteiger partial charge in [0.25, 0.3) is 0 Å². The molecular formula is C56H41NO. The van der Waals surface area contributed by atoms with E-state index < -0.39 is 5.41 Å². The second-order valence-corrected chi connectivity index (χ2v) is 15.4. The first-order chi connectivity index (χ1) is 28.7. The monoisotopic (exact) mass is 743 g/mol. The molecule has 1 aromatic heterocycles. The number of para-hydroxylation sites is 1. The average molecular weight is 744 g/mol. The number of anilines is 3. The summed E-state index contributed by atoms with van der Waals surface area (Å²) in [6.07, 6.45) is 7.60. The van der Waals surface area contributed by atoms with Gasteiger partial charge in [-0.3, -0.25) is 0 Å². The predicted molar refractivity (Wildman–Crippen MR) is 243 cm³/mol. The van der Waals surface area contributed by atoms with Gasteiger partial charge in [-0.15, -0.1) is 0 Å². The lowest BCUT2D eigenvalue weighted by molar-refractivity contribution is 0.669. The summed E-state index contributed by atoms with van der Waals surface area (Å²) in [5.74, 6) is 0. The molecule has 0 bridgehead atoms. The largest absolute Gasteiger partial charge is 0.456 e. The summed E-state index contributed by atoms with van der Waals surface area (Å²) in [6.45, 7) is 4.28. The molecule has 0 saturated heterocycles. The predicted octanol–water partition coefficient (Wildman–Crippen LogP) is 15.4. The highest BCUT2D eigenvalue weighted by Crippen LogP contribution is 2.63. The van der Waals surface area contributed by atoms with Gasteiger partial charge in [0.1, 0.15) is 11.2 Å². The van der Waals surface area contributed by atoms with E-state index in [-0.39, 0.29) is 0 Å². The minimum Gasteiger partial charge on any atom is -0.456 e. The van der Waals surface area contributed by atoms with Gasteiger partial charge in [0, 0.05) is 27.8 Å². The second kappa shape index (κ2) is 13.5. The Balaban J connectivity index is 1.09. The first kappa shape index (κ1) is 34.1. The van der Waals surface area contributed by atoms with Crippen molar-refractivity contribution in [1.29, 1.82) is 0 Å². The van der Waals surface area contributed by atoms with Crippen molar-refractivity contribution in [3.63, 3.8) is 0 Å². The number of rotatable bonds is 7. The van der Waals surface area contributed by atoms with Crippen LogP contribution in [-0.4, -0.2) is 0 Å². The fourth-order valence-corrected chi connectivity index (χ4v) is 9.86. The number of allylic oxidation sites excluding steroid dienone is 4. The smallest absolute Gasteiger partial charge is 0.135 e. The lowest BCUT2D eigenvalue weighted by Gasteiger charge is -2.32. The minimum absolute atomic E-state index is 0.420. The fraction of sp³-hybridized carbons (Fsp3) is 0.0714. The van der Waals surface area contributed by atoms with E-state index in [1.807, 2.05) is 12.1 Å². The molecule has 2 heteroatoms. The highest BCUT2D eigenvalue weighted by Gasteiger charge is 2.51. The van der Waals surface area contributed by atoms with Gasteiger partial charge in [-0.2, -0.15) is 0 Å². The van der Waals surface area contributed by atoms with Crippen molar-refractivity contribution in [3.05, 3.63) is 228 Å². The van der Waals surface area contributed by atoms with E-state index in [0.29, 0.717) is 0 Å². The number of benzene rings is 8. The van der Waals surface area contributed by atoms with Crippen LogP contribution < -0.4 is 4.90 Å². The number of nitrogens with zero attached hydrogens (tertiary/aromatic N) is 1. The molecular weight excluding hydrogens is 703 g/mol. The molecule has 2 aliphatic carbocycles. The Labute approximate surface area is 339 Å². The van der Waals surface area contributed by atoms with Crippen LogP contribution in [0, 0.1) is 0 Å². The summed E-state index contributed by atoms with van der Waals surface area (Å²) in [7, 11) is 0. The molecule has 1 spiro atoms. The number of fused-ring (bicyclic) bond motifs is 13. The molecule has 0 atom stereocenters. The maximum atomic E-state index is 6.15. The molecule has 11 rings (SSSR count). The third kappa shape index (κ3) is 5.05. The third-order valence-corrected chi connectivity index (χ3v) is 12.3. The van der Waals surface area contributed by atoms with Crippen LogP contribution in [0.3, 0.4) is 0 Å². The van der Waals surface area contributed by atoms with Crippen LogP contribution in [0.5, 0.6) is 0 Å². The van der Waals surface area contributed by atoms with Gasteiger partial charge < -0.3 is 9.32 Å². The van der Waals surface area contributed by atoms with Crippen LogP contribution in [0.1, 0.15) is 48.1 Å². The average Bonchev–Trinajstić information content (AvgIpc) is 3.91. The molecule has 9 aromatic rings. The van der Waals surface area contributed by atoms with Gasteiger partial charge in [-0.05, 0) is 135 Å². The van der Waals surface area contributed by atoms with E-state index in [0.717, 1.165) is 56.5 Å². The molecule has 2 nitrogen and oxygen atoms in total. The fourth-order valence-electron chi connectivity index (χ4n) is 9.86. The highest BCUT2D eigenvalue weighted by atomic mass is 16.3. The first-order valence-corrected chi connectivity index (χ1v) is 20.4. The highest BCUT2D eigenvalue weighted by molar-refractivity contribution is 6.06. The molecule has 0 unspecified atom stereocenters. The van der Waals surface area contributed by atoms with Crippen LogP contribution in [0.4, 0.5) is 17.1 Å². The van der Waals surface area contributed by atoms with Gasteiger partial charge in [0.2, 0.25) is 0 Å². The Kier molecular flexibility index (Phi) is 7.94. The van der Waals surface area contributed by atoms with Crippen molar-refractivity contribution in [2.45, 2.75) is 25.7 Å². The summed E-state index contributed by atoms with van der Waals surface area (Å²) in [4.78, 5) is 2.42. The second-order valence-electron chi connectivity index (χ2n) is 15.4. The zero-order valence-electron chi connectivity index (χ0n) is 32.6. The molecule has 276 valence electrons. The van der Waals surface area contributed by atoms with Crippen LogP contribution in [0.25, 0.3) is 60.9 Å². The molecule has 58 heavy (non-hydrogen) atoms. The van der Waals surface area contributed by atoms with Gasteiger partial charge >= 0.3 is 0 Å². The number of furan rings is 1. The Morgan fingerprint density at radius 1 is 0.500 bits per heavy atom. The maximum absolute atomic E-state index is 6.15. The van der Waals surface area contributed by atoms with E-state index in [1.165, 1.54) is 55.6 Å². The molecule has 0 saturated carbocycles. The summed E-state index contributed by atoms with van der Waals surface area (Å²) in [5, 5.41) is 2.28. The Morgan fingerprint density at radius 2 is 1.03 bits per heavy atom. The zero-order valence-corrected chi connectivity index (χ0v) is 32.6. The van der Waals surface area contributed by atoms with Crippen molar-refractivity contribution < 1.29 is 4.42 Å². The van der Waals surface area contributed by atoms with Crippen molar-refractivity contribution in [1.82, 2.24) is 0 Å². The molecule has 0 N–H and O–H groups in total. The Morgan fingerprint density at radius 3 is 1.67 bits per heavy atom. The van der Waals surface area contributed by atoms with E-state index in [2.05, 4.69) is 207 Å². The van der Waals surface area contributed by atoms with Gasteiger partial charge in [0.15, 0.2) is 0 Å². The minimum atomic E-state index is -0.420. The topological polar surface area (TPSA) is 16.4 Å². The van der Waals surface area contributed by atoms with Crippen molar-refractivity contribution in [2.24, 2.45) is 0 Å². The summed E-state index contributed by atoms with van der Waals surface area (Å²) in [6, 6.07) is 67.1. The summed E-state index contributed by atoms with van der Waals surface area (Å²) < 4.78 is 6.15. The van der Waals surface area contributed by atoms with Crippen LogP contribution >= 0.6 is 0 Å². The standard InChI is InChI=1S/C56H41NO/c1-3-13-37(14-4-2)38-23-28-41(29-24-38)57(42-30-25-39(26-31-42)40-27-34-55-49(35-40)48-18-8-12-22-54(48)58-55)43-32-33-47-46-17-7-11-21-52(46)56(53(47)36-43)50-19-9-5-15-44(50)45-16-6-10-20-51(45)56/h3,5-36H,4H2,1-2H3/b13-3-,37-14+. The lowest BCUT2D eigenvalue weighted by atomic mass is 9.70. The quantitative estimate of drug-likeness (QED) is 0.151. The van der Waals surface area contributed by atoms with Crippen molar-refractivity contribution >= 4 is 44.6 Å². The van der Waals surface area contributed by atoms with Gasteiger partial charge in [-0.1, -0.05) is 153 Å². The van der Waals surface area contributed by atoms with Crippen LogP contribution in [0.15, 0.2) is 205 Å². The number of hydrogen-bond acceptors (Lipinski definition) is 2. The molecule has 0 amide bonds. The maximum Gasteiger partial charge on any atom is 0.135 e.